The predicted molar refractivity (Wildman–Crippen MR) is 70.4 cm³/mol. The van der Waals surface area contributed by atoms with E-state index in [2.05, 4.69) is 15.5 Å². The summed E-state index contributed by atoms with van der Waals surface area (Å²) in [4.78, 5) is 4.23. The van der Waals surface area contributed by atoms with Gasteiger partial charge in [0.2, 0.25) is 0 Å². The van der Waals surface area contributed by atoms with Gasteiger partial charge in [0.15, 0.2) is 0 Å². The normalized spacial score (nSPS) is 12.5. The summed E-state index contributed by atoms with van der Waals surface area (Å²) < 4.78 is 0. The molecule has 1 rings (SSSR count). The van der Waals surface area contributed by atoms with Gasteiger partial charge in [-0.2, -0.15) is 5.10 Å². The zero-order chi connectivity index (χ0) is 12.0. The van der Waals surface area contributed by atoms with Crippen molar-refractivity contribution in [3.8, 4) is 0 Å². The number of hydrogen-bond acceptors (Lipinski definition) is 2. The summed E-state index contributed by atoms with van der Waals surface area (Å²) in [7, 11) is 0. The van der Waals surface area contributed by atoms with Crippen LogP contribution in [0.2, 0.25) is 5.02 Å². The Balaban J connectivity index is 2.47. The number of hydrogen-bond donors (Lipinski definition) is 1. The van der Waals surface area contributed by atoms with Gasteiger partial charge in [-0.15, -0.1) is 0 Å². The Hall–Kier alpha value is -1.35. The number of hydrazone groups is 1. The summed E-state index contributed by atoms with van der Waals surface area (Å²) in [5.74, 6) is 0. The molecule has 3 nitrogen and oxygen atoms in total. The SMILES string of the molecule is CC(C)(C)N=CN/N=C/c1cccc(Cl)c1. The first-order chi connectivity index (χ1) is 7.47. The first kappa shape index (κ1) is 12.7. The summed E-state index contributed by atoms with van der Waals surface area (Å²) in [6.07, 6.45) is 3.28. The third-order valence-corrected chi connectivity index (χ3v) is 1.88. The Bertz CT molecular complexity index is 391. The summed E-state index contributed by atoms with van der Waals surface area (Å²) in [6, 6.07) is 7.48. The number of rotatable bonds is 3. The largest absolute Gasteiger partial charge is 0.268 e. The summed E-state index contributed by atoms with van der Waals surface area (Å²) >= 11 is 5.84. The van der Waals surface area contributed by atoms with E-state index in [1.54, 1.807) is 12.6 Å². The number of aliphatic imine (C=N–C) groups is 1. The highest BCUT2D eigenvalue weighted by Crippen LogP contribution is 2.08. The van der Waals surface area contributed by atoms with Crippen molar-refractivity contribution >= 4 is 24.2 Å². The number of nitrogens with zero attached hydrogens (tertiary/aromatic N) is 2. The van der Waals surface area contributed by atoms with Crippen LogP contribution in [-0.4, -0.2) is 18.1 Å². The lowest BCUT2D eigenvalue weighted by molar-refractivity contribution is 0.583. The van der Waals surface area contributed by atoms with E-state index in [1.807, 2.05) is 45.0 Å². The molecule has 0 aliphatic carbocycles. The average molecular weight is 238 g/mol. The van der Waals surface area contributed by atoms with Gasteiger partial charge in [-0.1, -0.05) is 23.7 Å². The highest BCUT2D eigenvalue weighted by atomic mass is 35.5. The van der Waals surface area contributed by atoms with Crippen LogP contribution in [-0.2, 0) is 0 Å². The maximum atomic E-state index is 5.84. The minimum Gasteiger partial charge on any atom is -0.268 e. The molecule has 0 heterocycles. The second-order valence-electron chi connectivity index (χ2n) is 4.37. The van der Waals surface area contributed by atoms with Gasteiger partial charge >= 0.3 is 0 Å². The van der Waals surface area contributed by atoms with E-state index in [-0.39, 0.29) is 5.54 Å². The standard InChI is InChI=1S/C12H16ClN3/c1-12(2,3)14-9-16-15-8-10-5-4-6-11(13)7-10/h4-9H,1-3H3,(H,14,16)/b15-8+. The fourth-order valence-electron chi connectivity index (χ4n) is 0.955. The molecule has 0 radical (unpaired) electrons. The summed E-state index contributed by atoms with van der Waals surface area (Å²) in [5, 5.41) is 4.70. The molecule has 86 valence electrons. The van der Waals surface area contributed by atoms with Gasteiger partial charge in [-0.3, -0.25) is 10.4 Å². The predicted octanol–water partition coefficient (Wildman–Crippen LogP) is 3.09. The number of benzene rings is 1. The van der Waals surface area contributed by atoms with Gasteiger partial charge < -0.3 is 0 Å². The molecule has 0 atom stereocenters. The molecule has 0 aliphatic rings. The Morgan fingerprint density at radius 1 is 1.31 bits per heavy atom. The van der Waals surface area contributed by atoms with Crippen LogP contribution in [0.15, 0.2) is 34.4 Å². The van der Waals surface area contributed by atoms with Gasteiger partial charge in [0.25, 0.3) is 0 Å². The van der Waals surface area contributed by atoms with Crippen molar-refractivity contribution in [1.29, 1.82) is 0 Å². The molecular formula is C12H16ClN3. The molecule has 0 amide bonds. The maximum Gasteiger partial charge on any atom is 0.104 e. The lowest BCUT2D eigenvalue weighted by Crippen LogP contribution is -2.13. The van der Waals surface area contributed by atoms with Crippen LogP contribution < -0.4 is 5.43 Å². The fourth-order valence-corrected chi connectivity index (χ4v) is 1.15. The molecule has 0 aromatic heterocycles. The van der Waals surface area contributed by atoms with Crippen LogP contribution in [0.4, 0.5) is 0 Å². The lowest BCUT2D eigenvalue weighted by Gasteiger charge is -2.09. The molecule has 0 saturated carbocycles. The lowest BCUT2D eigenvalue weighted by atomic mass is 10.1. The maximum absolute atomic E-state index is 5.84. The minimum atomic E-state index is -0.0847. The Kier molecular flexibility index (Phi) is 4.50. The highest BCUT2D eigenvalue weighted by molar-refractivity contribution is 6.30. The van der Waals surface area contributed by atoms with Gasteiger partial charge in [-0.25, -0.2) is 0 Å². The highest BCUT2D eigenvalue weighted by Gasteiger charge is 2.03. The van der Waals surface area contributed by atoms with E-state index in [4.69, 9.17) is 11.6 Å². The third-order valence-electron chi connectivity index (χ3n) is 1.65. The van der Waals surface area contributed by atoms with Crippen molar-refractivity contribution in [2.45, 2.75) is 26.3 Å². The first-order valence-electron chi connectivity index (χ1n) is 5.05. The molecule has 0 saturated heterocycles. The zero-order valence-corrected chi connectivity index (χ0v) is 10.5. The van der Waals surface area contributed by atoms with Crippen LogP contribution >= 0.6 is 11.6 Å². The molecule has 0 fully saturated rings. The molecule has 1 aromatic carbocycles. The van der Waals surface area contributed by atoms with E-state index in [9.17, 15) is 0 Å². The second-order valence-corrected chi connectivity index (χ2v) is 4.81. The van der Waals surface area contributed by atoms with Crippen LogP contribution in [0.5, 0.6) is 0 Å². The van der Waals surface area contributed by atoms with E-state index >= 15 is 0 Å². The monoisotopic (exact) mass is 237 g/mol. The number of halogens is 1. The minimum absolute atomic E-state index is 0.0847. The Labute approximate surface area is 101 Å². The molecule has 4 heteroatoms. The van der Waals surface area contributed by atoms with Gasteiger partial charge in [0.1, 0.15) is 6.34 Å². The van der Waals surface area contributed by atoms with Crippen molar-refractivity contribution in [1.82, 2.24) is 5.43 Å². The third kappa shape index (κ3) is 5.51. The summed E-state index contributed by atoms with van der Waals surface area (Å²) in [6.45, 7) is 6.06. The average Bonchev–Trinajstić information content (AvgIpc) is 2.15. The van der Waals surface area contributed by atoms with Crippen molar-refractivity contribution in [2.75, 3.05) is 0 Å². The molecule has 1 N–H and O–H groups in total. The quantitative estimate of drug-likeness (QED) is 0.490. The van der Waals surface area contributed by atoms with Crippen molar-refractivity contribution in [3.05, 3.63) is 34.9 Å². The van der Waals surface area contributed by atoms with Crippen LogP contribution in [0.1, 0.15) is 26.3 Å². The van der Waals surface area contributed by atoms with Crippen LogP contribution in [0.3, 0.4) is 0 Å². The van der Waals surface area contributed by atoms with Gasteiger partial charge in [0.05, 0.1) is 11.8 Å². The Morgan fingerprint density at radius 2 is 2.06 bits per heavy atom. The molecule has 0 spiro atoms. The van der Waals surface area contributed by atoms with E-state index in [0.29, 0.717) is 5.02 Å². The van der Waals surface area contributed by atoms with Crippen molar-refractivity contribution in [3.63, 3.8) is 0 Å². The molecule has 1 aromatic rings. The van der Waals surface area contributed by atoms with E-state index in [0.717, 1.165) is 5.56 Å². The van der Waals surface area contributed by atoms with Gasteiger partial charge in [-0.05, 0) is 38.5 Å². The molecule has 0 unspecified atom stereocenters. The van der Waals surface area contributed by atoms with Crippen molar-refractivity contribution in [2.24, 2.45) is 10.1 Å². The zero-order valence-electron chi connectivity index (χ0n) is 9.74. The van der Waals surface area contributed by atoms with Crippen LogP contribution in [0, 0.1) is 0 Å². The van der Waals surface area contributed by atoms with E-state index < -0.39 is 0 Å². The second kappa shape index (κ2) is 5.66. The van der Waals surface area contributed by atoms with E-state index in [1.165, 1.54) is 0 Å². The molecule has 16 heavy (non-hydrogen) atoms. The summed E-state index contributed by atoms with van der Waals surface area (Å²) in [5.41, 5.74) is 3.61. The van der Waals surface area contributed by atoms with Gasteiger partial charge in [0, 0.05) is 5.02 Å². The smallest absolute Gasteiger partial charge is 0.104 e. The number of nitrogens with one attached hydrogen (secondary N) is 1. The molecular weight excluding hydrogens is 222 g/mol. The first-order valence-corrected chi connectivity index (χ1v) is 5.43. The fraction of sp³-hybridized carbons (Fsp3) is 0.333. The Morgan fingerprint density at radius 3 is 2.69 bits per heavy atom. The van der Waals surface area contributed by atoms with Crippen molar-refractivity contribution < 1.29 is 0 Å². The topological polar surface area (TPSA) is 36.8 Å². The van der Waals surface area contributed by atoms with Crippen LogP contribution in [0.25, 0.3) is 0 Å². The molecule has 0 bridgehead atoms. The molecule has 0 aliphatic heterocycles.